The first-order valence-corrected chi connectivity index (χ1v) is 5.82. The van der Waals surface area contributed by atoms with Crippen LogP contribution in [0.2, 0.25) is 0 Å². The van der Waals surface area contributed by atoms with Crippen LogP contribution in [0.1, 0.15) is 25.8 Å². The maximum Gasteiger partial charge on any atom is 0.309 e. The summed E-state index contributed by atoms with van der Waals surface area (Å²) >= 11 is 0. The quantitative estimate of drug-likeness (QED) is 0.729. The first-order chi connectivity index (χ1) is 7.62. The third-order valence-electron chi connectivity index (χ3n) is 3.77. The van der Waals surface area contributed by atoms with Crippen molar-refractivity contribution >= 4 is 5.97 Å². The van der Waals surface area contributed by atoms with E-state index in [1.807, 2.05) is 13.0 Å². The standard InChI is InChI=1S/C14H18O2/c1-11-13(15)16-10-14(11,2)9-8-12-6-4-3-5-7-12/h3-7,11H,8-10H2,1-2H3/t11-,14+/m0/s1. The minimum atomic E-state index is -0.0458. The lowest BCUT2D eigenvalue weighted by Gasteiger charge is -2.24. The van der Waals surface area contributed by atoms with Crippen LogP contribution in [0.3, 0.4) is 0 Å². The van der Waals surface area contributed by atoms with Crippen molar-refractivity contribution in [3.05, 3.63) is 35.9 Å². The average molecular weight is 218 g/mol. The van der Waals surface area contributed by atoms with Crippen molar-refractivity contribution in [2.24, 2.45) is 11.3 Å². The number of hydrogen-bond donors (Lipinski definition) is 0. The number of rotatable bonds is 3. The molecule has 0 unspecified atom stereocenters. The second-order valence-corrected chi connectivity index (χ2v) is 4.97. The number of aryl methyl sites for hydroxylation is 1. The second-order valence-electron chi connectivity index (χ2n) is 4.97. The Morgan fingerprint density at radius 1 is 1.38 bits per heavy atom. The van der Waals surface area contributed by atoms with Crippen molar-refractivity contribution in [3.8, 4) is 0 Å². The monoisotopic (exact) mass is 218 g/mol. The largest absolute Gasteiger partial charge is 0.465 e. The second kappa shape index (κ2) is 4.28. The highest BCUT2D eigenvalue weighted by molar-refractivity contribution is 5.75. The van der Waals surface area contributed by atoms with Crippen LogP contribution in [0.25, 0.3) is 0 Å². The molecule has 0 radical (unpaired) electrons. The molecule has 2 heteroatoms. The minimum Gasteiger partial charge on any atom is -0.465 e. The maximum absolute atomic E-state index is 11.4. The van der Waals surface area contributed by atoms with E-state index in [0.717, 1.165) is 12.8 Å². The van der Waals surface area contributed by atoms with Crippen molar-refractivity contribution in [3.63, 3.8) is 0 Å². The van der Waals surface area contributed by atoms with Crippen LogP contribution >= 0.6 is 0 Å². The van der Waals surface area contributed by atoms with E-state index in [9.17, 15) is 4.79 Å². The average Bonchev–Trinajstić information content (AvgIpc) is 2.57. The zero-order valence-electron chi connectivity index (χ0n) is 9.90. The normalized spacial score (nSPS) is 29.1. The molecule has 2 rings (SSSR count). The number of esters is 1. The van der Waals surface area contributed by atoms with Gasteiger partial charge in [0.15, 0.2) is 0 Å². The lowest BCUT2D eigenvalue weighted by Crippen LogP contribution is -2.25. The van der Waals surface area contributed by atoms with E-state index in [1.165, 1.54) is 5.56 Å². The number of carbonyl (C=O) groups is 1. The van der Waals surface area contributed by atoms with Gasteiger partial charge < -0.3 is 4.74 Å². The van der Waals surface area contributed by atoms with Gasteiger partial charge in [-0.05, 0) is 18.4 Å². The summed E-state index contributed by atoms with van der Waals surface area (Å²) in [6.45, 7) is 4.69. The predicted molar refractivity (Wildman–Crippen MR) is 63.0 cm³/mol. The highest BCUT2D eigenvalue weighted by Crippen LogP contribution is 2.38. The molecule has 0 N–H and O–H groups in total. The van der Waals surface area contributed by atoms with Gasteiger partial charge in [-0.15, -0.1) is 0 Å². The highest BCUT2D eigenvalue weighted by atomic mass is 16.5. The molecule has 16 heavy (non-hydrogen) atoms. The lowest BCUT2D eigenvalue weighted by molar-refractivity contribution is -0.140. The summed E-state index contributed by atoms with van der Waals surface area (Å²) in [5.41, 5.74) is 1.34. The van der Waals surface area contributed by atoms with Gasteiger partial charge in [0.2, 0.25) is 0 Å². The number of cyclic esters (lactones) is 1. The molecule has 86 valence electrons. The number of hydrogen-bond acceptors (Lipinski definition) is 2. The van der Waals surface area contributed by atoms with Crippen LogP contribution in [0.5, 0.6) is 0 Å². The fourth-order valence-electron chi connectivity index (χ4n) is 2.13. The molecule has 0 aliphatic carbocycles. The first-order valence-electron chi connectivity index (χ1n) is 5.82. The van der Waals surface area contributed by atoms with Crippen LogP contribution in [0.15, 0.2) is 30.3 Å². The molecule has 2 atom stereocenters. The Kier molecular flexibility index (Phi) is 2.99. The molecule has 0 saturated carbocycles. The molecule has 1 fully saturated rings. The summed E-state index contributed by atoms with van der Waals surface area (Å²) < 4.78 is 5.13. The van der Waals surface area contributed by atoms with Gasteiger partial charge in [0.05, 0.1) is 12.5 Å². The van der Waals surface area contributed by atoms with Crippen molar-refractivity contribution in [2.45, 2.75) is 26.7 Å². The third-order valence-corrected chi connectivity index (χ3v) is 3.77. The first kappa shape index (κ1) is 11.2. The van der Waals surface area contributed by atoms with Crippen LogP contribution in [0, 0.1) is 11.3 Å². The summed E-state index contributed by atoms with van der Waals surface area (Å²) in [4.78, 5) is 11.4. The topological polar surface area (TPSA) is 26.3 Å². The molecule has 2 nitrogen and oxygen atoms in total. The molecule has 1 saturated heterocycles. The van der Waals surface area contributed by atoms with Crippen LogP contribution in [-0.2, 0) is 16.0 Å². The van der Waals surface area contributed by atoms with Gasteiger partial charge in [0.1, 0.15) is 0 Å². The van der Waals surface area contributed by atoms with Crippen molar-refractivity contribution < 1.29 is 9.53 Å². The smallest absolute Gasteiger partial charge is 0.309 e. The molecule has 0 spiro atoms. The van der Waals surface area contributed by atoms with E-state index in [0.29, 0.717) is 6.61 Å². The molecule has 1 aromatic carbocycles. The lowest BCUT2D eigenvalue weighted by atomic mass is 9.76. The number of benzene rings is 1. The van der Waals surface area contributed by atoms with Gasteiger partial charge in [0, 0.05) is 5.41 Å². The maximum atomic E-state index is 11.4. The van der Waals surface area contributed by atoms with Gasteiger partial charge in [0.25, 0.3) is 0 Å². The zero-order valence-corrected chi connectivity index (χ0v) is 9.90. The number of ether oxygens (including phenoxy) is 1. The zero-order chi connectivity index (χ0) is 11.6. The van der Waals surface area contributed by atoms with E-state index in [4.69, 9.17) is 4.74 Å². The molecular formula is C14H18O2. The van der Waals surface area contributed by atoms with Crippen LogP contribution in [-0.4, -0.2) is 12.6 Å². The van der Waals surface area contributed by atoms with Crippen molar-refractivity contribution in [1.29, 1.82) is 0 Å². The summed E-state index contributed by atoms with van der Waals surface area (Å²) in [6.07, 6.45) is 2.02. The van der Waals surface area contributed by atoms with Crippen molar-refractivity contribution in [2.75, 3.05) is 6.61 Å². The van der Waals surface area contributed by atoms with Gasteiger partial charge in [-0.1, -0.05) is 44.2 Å². The van der Waals surface area contributed by atoms with Crippen molar-refractivity contribution in [1.82, 2.24) is 0 Å². The molecule has 1 aliphatic heterocycles. The summed E-state index contributed by atoms with van der Waals surface area (Å²) in [5.74, 6) is -0.0215. The fourth-order valence-corrected chi connectivity index (χ4v) is 2.13. The van der Waals surface area contributed by atoms with E-state index < -0.39 is 0 Å². The van der Waals surface area contributed by atoms with E-state index >= 15 is 0 Å². The molecule has 1 heterocycles. The Hall–Kier alpha value is -1.31. The molecule has 1 aromatic rings. The Balaban J connectivity index is 1.98. The Morgan fingerprint density at radius 2 is 2.06 bits per heavy atom. The predicted octanol–water partition coefficient (Wildman–Crippen LogP) is 2.82. The van der Waals surface area contributed by atoms with Gasteiger partial charge >= 0.3 is 5.97 Å². The molecule has 1 aliphatic rings. The Labute approximate surface area is 96.6 Å². The van der Waals surface area contributed by atoms with E-state index in [1.54, 1.807) is 0 Å². The summed E-state index contributed by atoms with van der Waals surface area (Å²) in [7, 11) is 0. The van der Waals surface area contributed by atoms with Gasteiger partial charge in [-0.3, -0.25) is 4.79 Å². The number of carbonyl (C=O) groups excluding carboxylic acids is 1. The molecular weight excluding hydrogens is 200 g/mol. The molecule has 0 amide bonds. The van der Waals surface area contributed by atoms with Crippen LogP contribution < -0.4 is 0 Å². The SMILES string of the molecule is C[C@H]1C(=O)OC[C@@]1(C)CCc1ccccc1. The van der Waals surface area contributed by atoms with Gasteiger partial charge in [-0.2, -0.15) is 0 Å². The fraction of sp³-hybridized carbons (Fsp3) is 0.500. The van der Waals surface area contributed by atoms with E-state index in [2.05, 4.69) is 31.2 Å². The summed E-state index contributed by atoms with van der Waals surface area (Å²) in [5, 5.41) is 0. The van der Waals surface area contributed by atoms with Gasteiger partial charge in [-0.25, -0.2) is 0 Å². The van der Waals surface area contributed by atoms with Crippen LogP contribution in [0.4, 0.5) is 0 Å². The minimum absolute atomic E-state index is 0.00687. The molecule has 0 bridgehead atoms. The summed E-state index contributed by atoms with van der Waals surface area (Å²) in [6, 6.07) is 10.4. The Bertz CT molecular complexity index is 372. The molecule has 0 aromatic heterocycles. The highest BCUT2D eigenvalue weighted by Gasteiger charge is 2.43. The Morgan fingerprint density at radius 3 is 2.62 bits per heavy atom. The third kappa shape index (κ3) is 2.11. The van der Waals surface area contributed by atoms with E-state index in [-0.39, 0.29) is 17.3 Å².